The molecule has 1 saturated carbocycles. The van der Waals surface area contributed by atoms with Crippen molar-refractivity contribution in [1.82, 2.24) is 0 Å². The lowest BCUT2D eigenvalue weighted by atomic mass is 9.84. The van der Waals surface area contributed by atoms with Gasteiger partial charge in [-0.3, -0.25) is 0 Å². The molecule has 2 heteroatoms. The summed E-state index contributed by atoms with van der Waals surface area (Å²) in [6.07, 6.45) is 5.79. The summed E-state index contributed by atoms with van der Waals surface area (Å²) < 4.78 is 0. The molecule has 1 fully saturated rings. The summed E-state index contributed by atoms with van der Waals surface area (Å²) in [4.78, 5) is 0. The number of nitrogens with two attached hydrogens (primary N) is 1. The number of hydrogen-bond donors (Lipinski definition) is 2. The van der Waals surface area contributed by atoms with E-state index in [0.717, 1.165) is 12.8 Å². The highest BCUT2D eigenvalue weighted by molar-refractivity contribution is 4.74. The van der Waals surface area contributed by atoms with Crippen LogP contribution in [-0.4, -0.2) is 17.8 Å². The van der Waals surface area contributed by atoms with Crippen LogP contribution < -0.4 is 5.73 Å². The maximum atomic E-state index is 8.66. The minimum atomic E-state index is 0.331. The Bertz CT molecular complexity index is 93.3. The predicted octanol–water partition coefficient (Wildman–Crippen LogP) is 0.886. The highest BCUT2D eigenvalue weighted by Gasteiger charge is 2.17. The third kappa shape index (κ3) is 2.27. The SMILES string of the molecule is NC1CCCC(CCO)C1. The Hall–Kier alpha value is -0.0800. The Labute approximate surface area is 62.4 Å². The summed E-state index contributed by atoms with van der Waals surface area (Å²) in [5, 5.41) is 8.66. The average Bonchev–Trinajstić information content (AvgIpc) is 1.88. The van der Waals surface area contributed by atoms with Crippen molar-refractivity contribution in [3.05, 3.63) is 0 Å². The maximum absolute atomic E-state index is 8.66. The van der Waals surface area contributed by atoms with Gasteiger partial charge in [0.1, 0.15) is 0 Å². The third-order valence-corrected chi connectivity index (χ3v) is 2.36. The molecule has 0 aromatic carbocycles. The van der Waals surface area contributed by atoms with E-state index in [9.17, 15) is 0 Å². The van der Waals surface area contributed by atoms with Gasteiger partial charge in [0.05, 0.1) is 0 Å². The van der Waals surface area contributed by atoms with Gasteiger partial charge in [-0.2, -0.15) is 0 Å². The minimum Gasteiger partial charge on any atom is -0.396 e. The molecular weight excluding hydrogens is 126 g/mol. The molecule has 0 saturated heterocycles. The lowest BCUT2D eigenvalue weighted by molar-refractivity contribution is 0.221. The van der Waals surface area contributed by atoms with Crippen LogP contribution in [0.25, 0.3) is 0 Å². The molecule has 1 aliphatic rings. The van der Waals surface area contributed by atoms with Gasteiger partial charge in [-0.25, -0.2) is 0 Å². The summed E-state index contributed by atoms with van der Waals surface area (Å²) in [5.41, 5.74) is 5.77. The zero-order chi connectivity index (χ0) is 7.40. The number of aliphatic hydroxyl groups excluding tert-OH is 1. The van der Waals surface area contributed by atoms with Crippen molar-refractivity contribution in [2.45, 2.75) is 38.1 Å². The van der Waals surface area contributed by atoms with Crippen molar-refractivity contribution in [2.24, 2.45) is 11.7 Å². The van der Waals surface area contributed by atoms with Crippen LogP contribution in [0.15, 0.2) is 0 Å². The van der Waals surface area contributed by atoms with Gasteiger partial charge >= 0.3 is 0 Å². The van der Waals surface area contributed by atoms with Crippen LogP contribution >= 0.6 is 0 Å². The summed E-state index contributed by atoms with van der Waals surface area (Å²) in [5.74, 6) is 0.703. The molecule has 0 amide bonds. The fourth-order valence-electron chi connectivity index (χ4n) is 1.78. The van der Waals surface area contributed by atoms with E-state index in [2.05, 4.69) is 0 Å². The standard InChI is InChI=1S/C8H17NO/c9-8-3-1-2-7(6-8)4-5-10/h7-8,10H,1-6,9H2. The molecule has 1 aliphatic carbocycles. The normalized spacial score (nSPS) is 34.2. The van der Waals surface area contributed by atoms with Crippen molar-refractivity contribution < 1.29 is 5.11 Å². The van der Waals surface area contributed by atoms with E-state index in [1.807, 2.05) is 0 Å². The van der Waals surface area contributed by atoms with Crippen LogP contribution in [0.5, 0.6) is 0 Å². The Morgan fingerprint density at radius 3 is 2.80 bits per heavy atom. The van der Waals surface area contributed by atoms with Crippen LogP contribution in [0.2, 0.25) is 0 Å². The summed E-state index contributed by atoms with van der Waals surface area (Å²) in [7, 11) is 0. The Morgan fingerprint density at radius 1 is 1.40 bits per heavy atom. The van der Waals surface area contributed by atoms with Crippen LogP contribution in [-0.2, 0) is 0 Å². The molecule has 2 nitrogen and oxygen atoms in total. The van der Waals surface area contributed by atoms with Crippen molar-refractivity contribution in [3.63, 3.8) is 0 Å². The number of hydrogen-bond acceptors (Lipinski definition) is 2. The summed E-state index contributed by atoms with van der Waals surface area (Å²) in [6, 6.07) is 0.408. The van der Waals surface area contributed by atoms with E-state index in [4.69, 9.17) is 10.8 Å². The molecular formula is C8H17NO. The van der Waals surface area contributed by atoms with Gasteiger partial charge < -0.3 is 10.8 Å². The highest BCUT2D eigenvalue weighted by Crippen LogP contribution is 2.25. The van der Waals surface area contributed by atoms with Gasteiger partial charge in [-0.1, -0.05) is 12.8 Å². The summed E-state index contributed by atoms with van der Waals surface area (Å²) >= 11 is 0. The lowest BCUT2D eigenvalue weighted by Gasteiger charge is -2.25. The predicted molar refractivity (Wildman–Crippen MR) is 41.6 cm³/mol. The topological polar surface area (TPSA) is 46.2 Å². The Morgan fingerprint density at radius 2 is 2.20 bits per heavy atom. The average molecular weight is 143 g/mol. The van der Waals surface area contributed by atoms with Gasteiger partial charge in [0.15, 0.2) is 0 Å². The molecule has 0 aromatic rings. The first kappa shape index (κ1) is 8.02. The summed E-state index contributed by atoms with van der Waals surface area (Å²) in [6.45, 7) is 0.331. The second-order valence-corrected chi connectivity index (χ2v) is 3.30. The van der Waals surface area contributed by atoms with Gasteiger partial charge in [0.2, 0.25) is 0 Å². The highest BCUT2D eigenvalue weighted by atomic mass is 16.3. The van der Waals surface area contributed by atoms with E-state index in [1.165, 1.54) is 19.3 Å². The van der Waals surface area contributed by atoms with Gasteiger partial charge in [0, 0.05) is 12.6 Å². The fraction of sp³-hybridized carbons (Fsp3) is 1.00. The van der Waals surface area contributed by atoms with Crippen LogP contribution in [0.3, 0.4) is 0 Å². The molecule has 10 heavy (non-hydrogen) atoms. The zero-order valence-electron chi connectivity index (χ0n) is 6.42. The van der Waals surface area contributed by atoms with E-state index >= 15 is 0 Å². The first-order chi connectivity index (χ1) is 4.83. The van der Waals surface area contributed by atoms with Gasteiger partial charge in [-0.05, 0) is 25.2 Å². The molecule has 0 spiro atoms. The van der Waals surface area contributed by atoms with Crippen molar-refractivity contribution >= 4 is 0 Å². The molecule has 0 aliphatic heterocycles. The maximum Gasteiger partial charge on any atom is 0.0433 e. The van der Waals surface area contributed by atoms with E-state index in [-0.39, 0.29) is 0 Å². The first-order valence-electron chi connectivity index (χ1n) is 4.19. The van der Waals surface area contributed by atoms with Gasteiger partial charge in [0.25, 0.3) is 0 Å². The second-order valence-electron chi connectivity index (χ2n) is 3.30. The van der Waals surface area contributed by atoms with E-state index < -0.39 is 0 Å². The molecule has 2 unspecified atom stereocenters. The first-order valence-corrected chi connectivity index (χ1v) is 4.19. The van der Waals surface area contributed by atoms with Crippen molar-refractivity contribution in [3.8, 4) is 0 Å². The molecule has 2 atom stereocenters. The molecule has 3 N–H and O–H groups in total. The van der Waals surface area contributed by atoms with Crippen LogP contribution in [0.1, 0.15) is 32.1 Å². The minimum absolute atomic E-state index is 0.331. The van der Waals surface area contributed by atoms with Crippen LogP contribution in [0, 0.1) is 5.92 Å². The van der Waals surface area contributed by atoms with Crippen molar-refractivity contribution in [1.29, 1.82) is 0 Å². The fourth-order valence-corrected chi connectivity index (χ4v) is 1.78. The van der Waals surface area contributed by atoms with Gasteiger partial charge in [-0.15, -0.1) is 0 Å². The lowest BCUT2D eigenvalue weighted by Crippen LogP contribution is -2.28. The second kappa shape index (κ2) is 3.94. The Balaban J connectivity index is 2.18. The molecule has 0 radical (unpaired) electrons. The van der Waals surface area contributed by atoms with Crippen molar-refractivity contribution in [2.75, 3.05) is 6.61 Å². The smallest absolute Gasteiger partial charge is 0.0433 e. The zero-order valence-corrected chi connectivity index (χ0v) is 6.42. The Kier molecular flexibility index (Phi) is 3.16. The quantitative estimate of drug-likeness (QED) is 0.603. The molecule has 0 bridgehead atoms. The molecule has 0 heterocycles. The largest absolute Gasteiger partial charge is 0.396 e. The van der Waals surface area contributed by atoms with E-state index in [0.29, 0.717) is 18.6 Å². The monoisotopic (exact) mass is 143 g/mol. The van der Waals surface area contributed by atoms with Crippen LogP contribution in [0.4, 0.5) is 0 Å². The van der Waals surface area contributed by atoms with E-state index in [1.54, 1.807) is 0 Å². The number of aliphatic hydroxyl groups is 1. The molecule has 60 valence electrons. The molecule has 0 aromatic heterocycles. The molecule has 1 rings (SSSR count). The third-order valence-electron chi connectivity index (χ3n) is 2.36. The number of rotatable bonds is 2.